The number of benzene rings is 1. The Labute approximate surface area is 107 Å². The Morgan fingerprint density at radius 1 is 1.33 bits per heavy atom. The minimum Gasteiger partial charge on any atom is -0.464 e. The fourth-order valence-corrected chi connectivity index (χ4v) is 2.01. The Morgan fingerprint density at radius 3 is 2.33 bits per heavy atom. The predicted molar refractivity (Wildman–Crippen MR) is 69.3 cm³/mol. The van der Waals surface area contributed by atoms with Gasteiger partial charge in [0, 0.05) is 11.9 Å². The van der Waals surface area contributed by atoms with E-state index in [4.69, 9.17) is 4.74 Å². The van der Waals surface area contributed by atoms with Gasteiger partial charge in [0.1, 0.15) is 6.04 Å². The molecule has 6 heteroatoms. The Hall–Kier alpha value is -1.56. The maximum atomic E-state index is 11.4. The van der Waals surface area contributed by atoms with E-state index in [1.54, 1.807) is 26.0 Å². The number of esters is 1. The van der Waals surface area contributed by atoms with Gasteiger partial charge in [-0.2, -0.15) is 0 Å². The van der Waals surface area contributed by atoms with Crippen LogP contribution < -0.4 is 5.32 Å². The van der Waals surface area contributed by atoms with E-state index < -0.39 is 15.9 Å². The third kappa shape index (κ3) is 4.03. The van der Waals surface area contributed by atoms with E-state index in [9.17, 15) is 13.2 Å². The summed E-state index contributed by atoms with van der Waals surface area (Å²) in [6, 6.07) is 5.75. The Kier molecular flexibility index (Phi) is 4.72. The maximum absolute atomic E-state index is 11.4. The van der Waals surface area contributed by atoms with Gasteiger partial charge in [-0.25, -0.2) is 13.2 Å². The number of nitrogens with one attached hydrogen (secondary N) is 1. The SMILES string of the molecule is CCOC(=O)C(C)Nc1ccc(S(C)(=O)=O)cc1. The second-order valence-corrected chi connectivity index (χ2v) is 5.93. The van der Waals surface area contributed by atoms with Crippen molar-refractivity contribution in [3.63, 3.8) is 0 Å². The van der Waals surface area contributed by atoms with Gasteiger partial charge in [-0.3, -0.25) is 0 Å². The summed E-state index contributed by atoms with van der Waals surface area (Å²) in [5.41, 5.74) is 0.669. The maximum Gasteiger partial charge on any atom is 0.328 e. The number of sulfone groups is 1. The number of ether oxygens (including phenoxy) is 1. The molecule has 0 aliphatic heterocycles. The normalized spacial score (nSPS) is 12.8. The van der Waals surface area contributed by atoms with Crippen molar-refractivity contribution >= 4 is 21.5 Å². The van der Waals surface area contributed by atoms with Crippen LogP contribution in [0.2, 0.25) is 0 Å². The van der Waals surface area contributed by atoms with Crippen LogP contribution in [0.5, 0.6) is 0 Å². The van der Waals surface area contributed by atoms with E-state index in [0.717, 1.165) is 6.26 Å². The van der Waals surface area contributed by atoms with Gasteiger partial charge in [-0.05, 0) is 38.1 Å². The van der Waals surface area contributed by atoms with E-state index in [-0.39, 0.29) is 10.9 Å². The molecule has 1 rings (SSSR count). The quantitative estimate of drug-likeness (QED) is 0.821. The van der Waals surface area contributed by atoms with Crippen LogP contribution in [0.25, 0.3) is 0 Å². The molecule has 0 aliphatic rings. The number of carbonyl (C=O) groups is 1. The number of hydrogen-bond acceptors (Lipinski definition) is 5. The van der Waals surface area contributed by atoms with Crippen molar-refractivity contribution in [3.05, 3.63) is 24.3 Å². The minimum absolute atomic E-state index is 0.247. The molecular weight excluding hydrogens is 254 g/mol. The largest absolute Gasteiger partial charge is 0.464 e. The van der Waals surface area contributed by atoms with Gasteiger partial charge < -0.3 is 10.1 Å². The van der Waals surface area contributed by atoms with Crippen LogP contribution in [-0.4, -0.2) is 33.3 Å². The highest BCUT2D eigenvalue weighted by Gasteiger charge is 2.13. The average Bonchev–Trinajstić information content (AvgIpc) is 2.28. The summed E-state index contributed by atoms with van der Waals surface area (Å²) in [6.45, 7) is 3.76. The fourth-order valence-electron chi connectivity index (χ4n) is 1.37. The fraction of sp³-hybridized carbons (Fsp3) is 0.417. The molecule has 0 spiro atoms. The van der Waals surface area contributed by atoms with Crippen molar-refractivity contribution in [1.29, 1.82) is 0 Å². The second kappa shape index (κ2) is 5.86. The molecule has 0 fully saturated rings. The summed E-state index contributed by atoms with van der Waals surface area (Å²) in [5, 5.41) is 2.94. The summed E-state index contributed by atoms with van der Waals surface area (Å²) in [7, 11) is -3.19. The first-order valence-electron chi connectivity index (χ1n) is 5.58. The van der Waals surface area contributed by atoms with Gasteiger partial charge in [0.2, 0.25) is 0 Å². The topological polar surface area (TPSA) is 72.5 Å². The molecule has 1 N–H and O–H groups in total. The smallest absolute Gasteiger partial charge is 0.328 e. The third-order valence-electron chi connectivity index (χ3n) is 2.31. The average molecular weight is 271 g/mol. The van der Waals surface area contributed by atoms with E-state index in [1.165, 1.54) is 12.1 Å². The van der Waals surface area contributed by atoms with Crippen LogP contribution >= 0.6 is 0 Å². The molecule has 0 saturated heterocycles. The number of anilines is 1. The first-order chi connectivity index (χ1) is 8.34. The molecule has 0 aliphatic carbocycles. The molecule has 0 bridgehead atoms. The van der Waals surface area contributed by atoms with Crippen molar-refractivity contribution in [1.82, 2.24) is 0 Å². The van der Waals surface area contributed by atoms with Crippen molar-refractivity contribution in [2.45, 2.75) is 24.8 Å². The predicted octanol–water partition coefficient (Wildman–Crippen LogP) is 1.45. The minimum atomic E-state index is -3.19. The summed E-state index contributed by atoms with van der Waals surface area (Å²) >= 11 is 0. The molecular formula is C12H17NO4S. The Bertz CT molecular complexity index is 507. The number of carbonyl (C=O) groups excluding carboxylic acids is 1. The first kappa shape index (κ1) is 14.5. The van der Waals surface area contributed by atoms with Crippen molar-refractivity contribution in [2.24, 2.45) is 0 Å². The summed E-state index contributed by atoms with van der Waals surface area (Å²) < 4.78 is 27.4. The standard InChI is InChI=1S/C12H17NO4S/c1-4-17-12(14)9(2)13-10-5-7-11(8-6-10)18(3,15)16/h5-9,13H,4H2,1-3H3. The molecule has 18 heavy (non-hydrogen) atoms. The lowest BCUT2D eigenvalue weighted by molar-refractivity contribution is -0.143. The van der Waals surface area contributed by atoms with E-state index in [1.807, 2.05) is 0 Å². The molecule has 1 aromatic rings. The van der Waals surface area contributed by atoms with Gasteiger partial charge in [-0.15, -0.1) is 0 Å². The van der Waals surface area contributed by atoms with Crippen molar-refractivity contribution in [2.75, 3.05) is 18.2 Å². The van der Waals surface area contributed by atoms with Crippen LogP contribution in [0, 0.1) is 0 Å². The van der Waals surface area contributed by atoms with Crippen molar-refractivity contribution < 1.29 is 17.9 Å². The third-order valence-corrected chi connectivity index (χ3v) is 3.43. The molecule has 1 aromatic carbocycles. The summed E-state index contributed by atoms with van der Waals surface area (Å²) in [4.78, 5) is 11.6. The number of rotatable bonds is 5. The molecule has 0 heterocycles. The van der Waals surface area contributed by atoms with Crippen LogP contribution in [0.3, 0.4) is 0 Å². The number of hydrogen-bond donors (Lipinski definition) is 1. The molecule has 5 nitrogen and oxygen atoms in total. The molecule has 1 unspecified atom stereocenters. The van der Waals surface area contributed by atoms with Gasteiger partial charge in [-0.1, -0.05) is 0 Å². The zero-order chi connectivity index (χ0) is 13.8. The lowest BCUT2D eigenvalue weighted by atomic mass is 10.2. The van der Waals surface area contributed by atoms with E-state index in [0.29, 0.717) is 12.3 Å². The van der Waals surface area contributed by atoms with E-state index >= 15 is 0 Å². The molecule has 0 amide bonds. The molecule has 1 atom stereocenters. The lowest BCUT2D eigenvalue weighted by Gasteiger charge is -2.13. The molecule has 0 radical (unpaired) electrons. The molecule has 0 aromatic heterocycles. The molecule has 100 valence electrons. The highest BCUT2D eigenvalue weighted by atomic mass is 32.2. The van der Waals surface area contributed by atoms with Gasteiger partial charge in [0.05, 0.1) is 11.5 Å². The highest BCUT2D eigenvalue weighted by Crippen LogP contribution is 2.14. The monoisotopic (exact) mass is 271 g/mol. The summed E-state index contributed by atoms with van der Waals surface area (Å²) in [5.74, 6) is -0.343. The Morgan fingerprint density at radius 2 is 1.89 bits per heavy atom. The zero-order valence-electron chi connectivity index (χ0n) is 10.6. The summed E-state index contributed by atoms with van der Waals surface area (Å²) in [6.07, 6.45) is 1.15. The van der Waals surface area contributed by atoms with Gasteiger partial charge >= 0.3 is 5.97 Å². The van der Waals surface area contributed by atoms with Gasteiger partial charge in [0.15, 0.2) is 9.84 Å². The Balaban J connectivity index is 2.73. The van der Waals surface area contributed by atoms with E-state index in [2.05, 4.69) is 5.32 Å². The van der Waals surface area contributed by atoms with Crippen LogP contribution in [0.1, 0.15) is 13.8 Å². The zero-order valence-corrected chi connectivity index (χ0v) is 11.5. The molecule has 0 saturated carbocycles. The van der Waals surface area contributed by atoms with Crippen LogP contribution in [0.4, 0.5) is 5.69 Å². The highest BCUT2D eigenvalue weighted by molar-refractivity contribution is 7.90. The van der Waals surface area contributed by atoms with Crippen LogP contribution in [0.15, 0.2) is 29.2 Å². The lowest BCUT2D eigenvalue weighted by Crippen LogP contribution is -2.28. The van der Waals surface area contributed by atoms with Crippen molar-refractivity contribution in [3.8, 4) is 0 Å². The second-order valence-electron chi connectivity index (χ2n) is 3.91. The first-order valence-corrected chi connectivity index (χ1v) is 7.47. The van der Waals surface area contributed by atoms with Gasteiger partial charge in [0.25, 0.3) is 0 Å². The van der Waals surface area contributed by atoms with Crippen LogP contribution in [-0.2, 0) is 19.4 Å².